The predicted molar refractivity (Wildman–Crippen MR) is 67.9 cm³/mol. The highest BCUT2D eigenvalue weighted by molar-refractivity contribution is 6.32. The Kier molecular flexibility index (Phi) is 5.91. The first-order chi connectivity index (χ1) is 8.54. The number of ether oxygens (including phenoxy) is 1. The third-order valence-electron chi connectivity index (χ3n) is 2.33. The number of hydrogen-bond acceptors (Lipinski definition) is 4. The molecule has 0 fully saturated rings. The number of benzene rings is 1. The molecule has 0 aliphatic heterocycles. The molecule has 1 rings (SSSR count). The lowest BCUT2D eigenvalue weighted by atomic mass is 10.2. The van der Waals surface area contributed by atoms with Gasteiger partial charge in [0.2, 0.25) is 0 Å². The minimum atomic E-state index is -0.598. The first-order valence-corrected chi connectivity index (χ1v) is 5.86. The van der Waals surface area contributed by atoms with E-state index < -0.39 is 6.10 Å². The van der Waals surface area contributed by atoms with E-state index in [1.165, 1.54) is 25.3 Å². The number of nitrogens with one attached hydrogen (secondary N) is 1. The second-order valence-electron chi connectivity index (χ2n) is 3.82. The summed E-state index contributed by atoms with van der Waals surface area (Å²) in [6.07, 6.45) is -0.190. The summed E-state index contributed by atoms with van der Waals surface area (Å²) in [5.74, 6) is -0.370. The van der Waals surface area contributed by atoms with E-state index in [9.17, 15) is 15.0 Å². The van der Waals surface area contributed by atoms with Gasteiger partial charge in [-0.2, -0.15) is 0 Å². The van der Waals surface area contributed by atoms with Gasteiger partial charge in [0.15, 0.2) is 0 Å². The lowest BCUT2D eigenvalue weighted by Gasteiger charge is -2.10. The number of carbonyl (C=O) groups is 1. The fraction of sp³-hybridized carbons (Fsp3) is 0.417. The molecule has 6 heteroatoms. The largest absolute Gasteiger partial charge is 0.506 e. The van der Waals surface area contributed by atoms with Crippen LogP contribution in [-0.4, -0.2) is 42.5 Å². The molecule has 100 valence electrons. The van der Waals surface area contributed by atoms with Gasteiger partial charge in [0.1, 0.15) is 5.75 Å². The highest BCUT2D eigenvalue weighted by Crippen LogP contribution is 2.23. The topological polar surface area (TPSA) is 78.8 Å². The Hall–Kier alpha value is -1.30. The summed E-state index contributed by atoms with van der Waals surface area (Å²) in [6, 6.07) is 4.22. The summed E-state index contributed by atoms with van der Waals surface area (Å²) in [6.45, 7) is 0.572. The van der Waals surface area contributed by atoms with Crippen molar-refractivity contribution in [2.24, 2.45) is 0 Å². The normalized spacial score (nSPS) is 12.2. The molecule has 0 aromatic heterocycles. The zero-order chi connectivity index (χ0) is 13.5. The molecule has 3 N–H and O–H groups in total. The van der Waals surface area contributed by atoms with Crippen LogP contribution in [-0.2, 0) is 4.74 Å². The van der Waals surface area contributed by atoms with E-state index in [0.29, 0.717) is 18.5 Å². The zero-order valence-corrected chi connectivity index (χ0v) is 10.8. The van der Waals surface area contributed by atoms with Crippen LogP contribution in [0.1, 0.15) is 16.8 Å². The molecule has 0 heterocycles. The first kappa shape index (κ1) is 14.8. The summed E-state index contributed by atoms with van der Waals surface area (Å²) in [7, 11) is 1.50. The van der Waals surface area contributed by atoms with Crippen molar-refractivity contribution in [3.05, 3.63) is 28.8 Å². The van der Waals surface area contributed by atoms with E-state index >= 15 is 0 Å². The van der Waals surface area contributed by atoms with Crippen molar-refractivity contribution in [3.8, 4) is 5.75 Å². The van der Waals surface area contributed by atoms with Crippen LogP contribution in [0.3, 0.4) is 0 Å². The van der Waals surface area contributed by atoms with E-state index in [4.69, 9.17) is 16.3 Å². The number of aromatic hydroxyl groups is 1. The number of phenolic OH excluding ortho intramolecular Hbond substituents is 1. The summed E-state index contributed by atoms with van der Waals surface area (Å²) in [5.41, 5.74) is 0.360. The van der Waals surface area contributed by atoms with Crippen LogP contribution in [0.5, 0.6) is 5.75 Å². The lowest BCUT2D eigenvalue weighted by Crippen LogP contribution is -2.28. The highest BCUT2D eigenvalue weighted by Gasteiger charge is 2.09. The third kappa shape index (κ3) is 4.52. The number of amides is 1. The van der Waals surface area contributed by atoms with E-state index in [1.807, 2.05) is 0 Å². The molecule has 0 bridgehead atoms. The quantitative estimate of drug-likeness (QED) is 0.727. The molecule has 0 aliphatic rings. The summed E-state index contributed by atoms with van der Waals surface area (Å²) >= 11 is 5.70. The zero-order valence-electron chi connectivity index (χ0n) is 10.0. The SMILES string of the molecule is COCC(O)CCNC(=O)c1ccc(O)c(Cl)c1. The van der Waals surface area contributed by atoms with Crippen LogP contribution in [0.4, 0.5) is 0 Å². The number of methoxy groups -OCH3 is 1. The van der Waals surface area contributed by atoms with Crippen molar-refractivity contribution in [2.45, 2.75) is 12.5 Å². The predicted octanol–water partition coefficient (Wildman–Crippen LogP) is 1.17. The van der Waals surface area contributed by atoms with Gasteiger partial charge in [0.05, 0.1) is 17.7 Å². The maximum Gasteiger partial charge on any atom is 0.251 e. The summed E-state index contributed by atoms with van der Waals surface area (Å²) in [5, 5.41) is 21.4. The van der Waals surface area contributed by atoms with Gasteiger partial charge in [-0.1, -0.05) is 11.6 Å². The fourth-order valence-electron chi connectivity index (χ4n) is 1.38. The summed E-state index contributed by atoms with van der Waals surface area (Å²) in [4.78, 5) is 11.7. The minimum absolute atomic E-state index is 0.0660. The van der Waals surface area contributed by atoms with Gasteiger partial charge in [-0.3, -0.25) is 4.79 Å². The maximum absolute atomic E-state index is 11.7. The van der Waals surface area contributed by atoms with Crippen LogP contribution in [0.2, 0.25) is 5.02 Å². The van der Waals surface area contributed by atoms with Gasteiger partial charge in [0, 0.05) is 19.2 Å². The van der Waals surface area contributed by atoms with Crippen molar-refractivity contribution >= 4 is 17.5 Å². The Morgan fingerprint density at radius 1 is 1.56 bits per heavy atom. The number of carbonyl (C=O) groups excluding carboxylic acids is 1. The molecule has 0 saturated heterocycles. The van der Waals surface area contributed by atoms with E-state index in [0.717, 1.165) is 0 Å². The second-order valence-corrected chi connectivity index (χ2v) is 4.23. The average Bonchev–Trinajstić information content (AvgIpc) is 2.33. The van der Waals surface area contributed by atoms with E-state index in [1.54, 1.807) is 0 Å². The monoisotopic (exact) mass is 273 g/mol. The Morgan fingerprint density at radius 3 is 2.89 bits per heavy atom. The summed E-state index contributed by atoms with van der Waals surface area (Å²) < 4.78 is 4.77. The Balaban J connectivity index is 2.43. The van der Waals surface area contributed by atoms with Gasteiger partial charge in [-0.05, 0) is 24.6 Å². The standard InChI is InChI=1S/C12H16ClNO4/c1-18-7-9(15)4-5-14-12(17)8-2-3-11(16)10(13)6-8/h2-3,6,9,15-16H,4-5,7H2,1H3,(H,14,17). The number of aliphatic hydroxyl groups is 1. The van der Waals surface area contributed by atoms with Crippen LogP contribution >= 0.6 is 11.6 Å². The molecule has 5 nitrogen and oxygen atoms in total. The molecule has 1 unspecified atom stereocenters. The molecular formula is C12H16ClNO4. The number of hydrogen-bond donors (Lipinski definition) is 3. The van der Waals surface area contributed by atoms with E-state index in [-0.39, 0.29) is 23.3 Å². The number of halogens is 1. The Morgan fingerprint density at radius 2 is 2.28 bits per heavy atom. The molecule has 0 aliphatic carbocycles. The Labute approximate surface area is 110 Å². The van der Waals surface area contributed by atoms with Gasteiger partial charge in [-0.15, -0.1) is 0 Å². The highest BCUT2D eigenvalue weighted by atomic mass is 35.5. The van der Waals surface area contributed by atoms with Crippen molar-refractivity contribution in [1.29, 1.82) is 0 Å². The van der Waals surface area contributed by atoms with Gasteiger partial charge in [-0.25, -0.2) is 0 Å². The van der Waals surface area contributed by atoms with Gasteiger partial charge in [0.25, 0.3) is 5.91 Å². The van der Waals surface area contributed by atoms with Crippen molar-refractivity contribution < 1.29 is 19.7 Å². The maximum atomic E-state index is 11.7. The molecule has 18 heavy (non-hydrogen) atoms. The van der Waals surface area contributed by atoms with Crippen LogP contribution in [0.25, 0.3) is 0 Å². The smallest absolute Gasteiger partial charge is 0.251 e. The number of phenols is 1. The minimum Gasteiger partial charge on any atom is -0.506 e. The average molecular weight is 274 g/mol. The Bertz CT molecular complexity index is 411. The number of aliphatic hydroxyl groups excluding tert-OH is 1. The van der Waals surface area contributed by atoms with Crippen LogP contribution < -0.4 is 5.32 Å². The molecule has 1 amide bonds. The van der Waals surface area contributed by atoms with Crippen molar-refractivity contribution in [3.63, 3.8) is 0 Å². The molecule has 0 radical (unpaired) electrons. The lowest BCUT2D eigenvalue weighted by molar-refractivity contribution is 0.0587. The van der Waals surface area contributed by atoms with Crippen molar-refractivity contribution in [2.75, 3.05) is 20.3 Å². The fourth-order valence-corrected chi connectivity index (χ4v) is 1.56. The van der Waals surface area contributed by atoms with E-state index in [2.05, 4.69) is 5.32 Å². The third-order valence-corrected chi connectivity index (χ3v) is 2.63. The second kappa shape index (κ2) is 7.20. The van der Waals surface area contributed by atoms with Crippen LogP contribution in [0, 0.1) is 0 Å². The molecular weight excluding hydrogens is 258 g/mol. The van der Waals surface area contributed by atoms with Crippen LogP contribution in [0.15, 0.2) is 18.2 Å². The molecule has 1 atom stereocenters. The van der Waals surface area contributed by atoms with Crippen molar-refractivity contribution in [1.82, 2.24) is 5.32 Å². The first-order valence-electron chi connectivity index (χ1n) is 5.48. The molecule has 1 aromatic rings. The number of rotatable bonds is 6. The van der Waals surface area contributed by atoms with Gasteiger partial charge < -0.3 is 20.3 Å². The molecule has 0 saturated carbocycles. The van der Waals surface area contributed by atoms with Gasteiger partial charge >= 0.3 is 0 Å². The molecule has 1 aromatic carbocycles. The molecule has 0 spiro atoms.